The van der Waals surface area contributed by atoms with Gasteiger partial charge in [-0.15, -0.1) is 11.3 Å². The second kappa shape index (κ2) is 4.61. The van der Waals surface area contributed by atoms with Crippen molar-refractivity contribution in [2.75, 3.05) is 0 Å². The molecule has 0 saturated carbocycles. The summed E-state index contributed by atoms with van der Waals surface area (Å²) in [6.45, 7) is 1.89. The smallest absolute Gasteiger partial charge is 0.202 e. The number of rotatable bonds is 1. The number of aromatic hydroxyl groups is 1. The highest BCUT2D eigenvalue weighted by Crippen LogP contribution is 2.29. The number of hydrogen-bond donors (Lipinski definition) is 1. The molecule has 6 heteroatoms. The Kier molecular flexibility index (Phi) is 3.06. The molecule has 3 aromatic rings. The van der Waals surface area contributed by atoms with E-state index in [1.165, 1.54) is 23.7 Å². The first-order chi connectivity index (χ1) is 9.08. The molecule has 96 valence electrons. The van der Waals surface area contributed by atoms with Crippen LogP contribution in [0.25, 0.3) is 22.2 Å². The third-order valence-electron chi connectivity index (χ3n) is 2.76. The summed E-state index contributed by atoms with van der Waals surface area (Å²) in [5.41, 5.74) is 1.34. The van der Waals surface area contributed by atoms with Crippen molar-refractivity contribution in [1.82, 2.24) is 4.98 Å². The minimum absolute atomic E-state index is 0.105. The maximum absolute atomic E-state index is 12.4. The van der Waals surface area contributed by atoms with E-state index < -0.39 is 0 Å². The average molecular weight is 385 g/mol. The fraction of sp³-hybridized carbons (Fsp3) is 0.0769. The van der Waals surface area contributed by atoms with Crippen LogP contribution in [0.2, 0.25) is 0 Å². The average Bonchev–Trinajstić information content (AvgIpc) is 2.81. The predicted octanol–water partition coefficient (Wildman–Crippen LogP) is 3.54. The second-order valence-corrected chi connectivity index (χ2v) is 6.15. The molecule has 0 saturated heterocycles. The number of phenolic OH excluding ortho intramolecular Hbond substituents is 1. The van der Waals surface area contributed by atoms with Crippen molar-refractivity contribution in [2.24, 2.45) is 0 Å². The Bertz CT molecular complexity index is 838. The van der Waals surface area contributed by atoms with Crippen LogP contribution in [0.4, 0.5) is 0 Å². The van der Waals surface area contributed by atoms with E-state index in [1.807, 2.05) is 34.9 Å². The van der Waals surface area contributed by atoms with Crippen LogP contribution in [-0.4, -0.2) is 10.1 Å². The van der Waals surface area contributed by atoms with E-state index in [2.05, 4.69) is 4.98 Å². The molecule has 4 nitrogen and oxygen atoms in total. The van der Waals surface area contributed by atoms with Crippen molar-refractivity contribution in [3.63, 3.8) is 0 Å². The molecule has 2 aromatic heterocycles. The van der Waals surface area contributed by atoms with Gasteiger partial charge in [0.25, 0.3) is 0 Å². The summed E-state index contributed by atoms with van der Waals surface area (Å²) in [4.78, 5) is 16.7. The van der Waals surface area contributed by atoms with Crippen LogP contribution in [0.5, 0.6) is 5.75 Å². The monoisotopic (exact) mass is 385 g/mol. The molecule has 0 atom stereocenters. The quantitative estimate of drug-likeness (QED) is 0.651. The van der Waals surface area contributed by atoms with E-state index in [4.69, 9.17) is 4.42 Å². The number of fused-ring (bicyclic) bond motifs is 1. The molecule has 1 aromatic carbocycles. The standard InChI is InChI=1S/C13H8INO3S/c1-6-15-9(5-19-6)8-4-18-13-7(12(8)17)2-3-10(16)11(13)14/h2-5,16H,1H3. The highest BCUT2D eigenvalue weighted by Gasteiger charge is 2.14. The van der Waals surface area contributed by atoms with Gasteiger partial charge in [-0.3, -0.25) is 4.79 Å². The topological polar surface area (TPSA) is 63.3 Å². The van der Waals surface area contributed by atoms with Gasteiger partial charge in [-0.2, -0.15) is 0 Å². The lowest BCUT2D eigenvalue weighted by Gasteiger charge is -2.03. The van der Waals surface area contributed by atoms with Gasteiger partial charge in [0.15, 0.2) is 5.58 Å². The summed E-state index contributed by atoms with van der Waals surface area (Å²) in [5.74, 6) is 0.105. The summed E-state index contributed by atoms with van der Waals surface area (Å²) in [6.07, 6.45) is 1.40. The number of phenols is 1. The van der Waals surface area contributed by atoms with Crippen molar-refractivity contribution in [3.8, 4) is 17.0 Å². The number of thiazole rings is 1. The van der Waals surface area contributed by atoms with E-state index in [0.717, 1.165) is 5.01 Å². The van der Waals surface area contributed by atoms with Gasteiger partial charge in [0.05, 0.1) is 25.2 Å². The first-order valence-corrected chi connectivity index (χ1v) is 7.39. The Morgan fingerprint density at radius 3 is 2.89 bits per heavy atom. The van der Waals surface area contributed by atoms with E-state index in [0.29, 0.717) is 25.8 Å². The number of halogens is 1. The summed E-state index contributed by atoms with van der Waals surface area (Å²) < 4.78 is 6.03. The van der Waals surface area contributed by atoms with E-state index in [1.54, 1.807) is 6.07 Å². The third kappa shape index (κ3) is 2.04. The van der Waals surface area contributed by atoms with E-state index >= 15 is 0 Å². The van der Waals surface area contributed by atoms with Crippen LogP contribution in [0.15, 0.2) is 33.0 Å². The van der Waals surface area contributed by atoms with E-state index in [-0.39, 0.29) is 11.2 Å². The molecular weight excluding hydrogens is 377 g/mol. The minimum Gasteiger partial charge on any atom is -0.507 e. The molecule has 0 aliphatic carbocycles. The Hall–Kier alpha value is -1.41. The van der Waals surface area contributed by atoms with Gasteiger partial charge in [-0.05, 0) is 41.6 Å². The largest absolute Gasteiger partial charge is 0.507 e. The number of aromatic nitrogens is 1. The fourth-order valence-electron chi connectivity index (χ4n) is 1.82. The third-order valence-corrected chi connectivity index (χ3v) is 4.57. The molecule has 0 spiro atoms. The zero-order valence-corrected chi connectivity index (χ0v) is 12.8. The van der Waals surface area contributed by atoms with Crippen LogP contribution < -0.4 is 5.43 Å². The number of nitrogens with zero attached hydrogens (tertiary/aromatic N) is 1. The van der Waals surface area contributed by atoms with Crippen molar-refractivity contribution < 1.29 is 9.52 Å². The highest BCUT2D eigenvalue weighted by molar-refractivity contribution is 14.1. The van der Waals surface area contributed by atoms with Gasteiger partial charge >= 0.3 is 0 Å². The van der Waals surface area contributed by atoms with Gasteiger partial charge in [0.1, 0.15) is 12.0 Å². The molecule has 0 amide bonds. The number of hydrogen-bond acceptors (Lipinski definition) is 5. The van der Waals surface area contributed by atoms with Gasteiger partial charge < -0.3 is 9.52 Å². The van der Waals surface area contributed by atoms with Crippen LogP contribution in [0.3, 0.4) is 0 Å². The highest BCUT2D eigenvalue weighted by atomic mass is 127. The zero-order valence-electron chi connectivity index (χ0n) is 9.81. The normalized spacial score (nSPS) is 11.1. The Morgan fingerprint density at radius 1 is 1.42 bits per heavy atom. The van der Waals surface area contributed by atoms with Crippen LogP contribution in [0, 0.1) is 10.5 Å². The van der Waals surface area contributed by atoms with Gasteiger partial charge in [0, 0.05) is 5.38 Å². The van der Waals surface area contributed by atoms with Crippen molar-refractivity contribution in [1.29, 1.82) is 0 Å². The molecule has 0 aliphatic heterocycles. The molecular formula is C13H8INO3S. The maximum Gasteiger partial charge on any atom is 0.202 e. The molecule has 0 fully saturated rings. The summed E-state index contributed by atoms with van der Waals surface area (Å²) in [6, 6.07) is 3.07. The first kappa shape index (κ1) is 12.6. The van der Waals surface area contributed by atoms with Crippen LogP contribution in [0.1, 0.15) is 5.01 Å². The summed E-state index contributed by atoms with van der Waals surface area (Å²) in [7, 11) is 0. The first-order valence-electron chi connectivity index (χ1n) is 5.43. The molecule has 0 radical (unpaired) electrons. The fourth-order valence-corrected chi connectivity index (χ4v) is 3.03. The molecule has 19 heavy (non-hydrogen) atoms. The summed E-state index contributed by atoms with van der Waals surface area (Å²) in [5, 5.41) is 12.8. The predicted molar refractivity (Wildman–Crippen MR) is 82.7 cm³/mol. The van der Waals surface area contributed by atoms with Crippen molar-refractivity contribution in [3.05, 3.63) is 42.6 Å². The Morgan fingerprint density at radius 2 is 2.21 bits per heavy atom. The molecule has 2 heterocycles. The van der Waals surface area contributed by atoms with Gasteiger partial charge in [0.2, 0.25) is 5.43 Å². The Labute approximate surface area is 125 Å². The lowest BCUT2D eigenvalue weighted by Crippen LogP contribution is -2.05. The van der Waals surface area contributed by atoms with Crippen molar-refractivity contribution in [2.45, 2.75) is 6.92 Å². The summed E-state index contributed by atoms with van der Waals surface area (Å²) >= 11 is 3.44. The lowest BCUT2D eigenvalue weighted by atomic mass is 10.1. The maximum atomic E-state index is 12.4. The molecule has 3 rings (SSSR count). The second-order valence-electron chi connectivity index (χ2n) is 4.01. The lowest BCUT2D eigenvalue weighted by molar-refractivity contribution is 0.470. The van der Waals surface area contributed by atoms with E-state index in [9.17, 15) is 9.90 Å². The van der Waals surface area contributed by atoms with Gasteiger partial charge in [-0.25, -0.2) is 4.98 Å². The van der Waals surface area contributed by atoms with Crippen molar-refractivity contribution >= 4 is 44.9 Å². The zero-order chi connectivity index (χ0) is 13.6. The number of benzene rings is 1. The Balaban J connectivity index is 2.34. The number of aryl methyl sites for hydroxylation is 1. The molecule has 1 N–H and O–H groups in total. The minimum atomic E-state index is -0.135. The SMILES string of the molecule is Cc1nc(-c2coc3c(I)c(O)ccc3c2=O)cs1. The molecule has 0 unspecified atom stereocenters. The van der Waals surface area contributed by atoms with Crippen LogP contribution in [-0.2, 0) is 0 Å². The van der Waals surface area contributed by atoms with Gasteiger partial charge in [-0.1, -0.05) is 0 Å². The van der Waals surface area contributed by atoms with Crippen LogP contribution >= 0.6 is 33.9 Å². The molecule has 0 aliphatic rings. The molecule has 0 bridgehead atoms.